The Morgan fingerprint density at radius 2 is 2.11 bits per heavy atom. The monoisotopic (exact) mass is 262 g/mol. The lowest BCUT2D eigenvalue weighted by molar-refractivity contribution is -0.139. The molecule has 100 valence electrons. The van der Waals surface area contributed by atoms with Crippen LogP contribution in [0.25, 0.3) is 0 Å². The van der Waals surface area contributed by atoms with E-state index in [1.807, 2.05) is 0 Å². The number of carbonyl (C=O) groups excluding carboxylic acids is 1. The summed E-state index contributed by atoms with van der Waals surface area (Å²) in [6.45, 7) is -0.284. The first-order valence-electron chi connectivity index (χ1n) is 5.10. The number of alkyl halides is 3. The van der Waals surface area contributed by atoms with E-state index in [2.05, 4.69) is 5.32 Å². The number of hydrogen-bond donors (Lipinski definition) is 2. The Labute approximate surface area is 102 Å². The van der Waals surface area contributed by atoms with E-state index < -0.39 is 30.0 Å². The average Bonchev–Trinajstić information content (AvgIpc) is 2.26. The molecular formula is C11H13F3N2O2. The molecule has 0 fully saturated rings. The van der Waals surface area contributed by atoms with Crippen LogP contribution in [-0.2, 0) is 17.5 Å². The van der Waals surface area contributed by atoms with Gasteiger partial charge in [-0.05, 0) is 24.7 Å². The molecule has 0 aliphatic carbocycles. The number of primary amides is 1. The molecule has 0 aliphatic rings. The van der Waals surface area contributed by atoms with Gasteiger partial charge in [0.2, 0.25) is 0 Å². The zero-order chi connectivity index (χ0) is 13.8. The number of ether oxygens (including phenoxy) is 1. The maximum atomic E-state index is 12.8. The summed E-state index contributed by atoms with van der Waals surface area (Å²) in [5.41, 5.74) is 4.37. The molecule has 7 heteroatoms. The molecule has 0 aromatic heterocycles. The summed E-state index contributed by atoms with van der Waals surface area (Å²) in [6.07, 6.45) is -4.54. The molecule has 0 aliphatic heterocycles. The van der Waals surface area contributed by atoms with Crippen LogP contribution in [0.4, 0.5) is 13.2 Å². The predicted molar refractivity (Wildman–Crippen MR) is 58.9 cm³/mol. The second-order valence-electron chi connectivity index (χ2n) is 3.61. The van der Waals surface area contributed by atoms with Crippen molar-refractivity contribution >= 4 is 5.91 Å². The van der Waals surface area contributed by atoms with Crippen molar-refractivity contribution in [1.82, 2.24) is 5.32 Å². The molecule has 0 unspecified atom stereocenters. The lowest BCUT2D eigenvalue weighted by atomic mass is 10.1. The Balaban J connectivity index is 3.05. The molecule has 0 radical (unpaired) electrons. The van der Waals surface area contributed by atoms with Crippen LogP contribution in [-0.4, -0.2) is 19.6 Å². The van der Waals surface area contributed by atoms with E-state index in [1.165, 1.54) is 12.1 Å². The molecule has 1 aromatic carbocycles. The van der Waals surface area contributed by atoms with Crippen LogP contribution in [0.3, 0.4) is 0 Å². The number of amides is 1. The molecule has 3 N–H and O–H groups in total. The Morgan fingerprint density at radius 1 is 1.44 bits per heavy atom. The topological polar surface area (TPSA) is 64.3 Å². The van der Waals surface area contributed by atoms with Crippen molar-refractivity contribution in [3.63, 3.8) is 0 Å². The lowest BCUT2D eigenvalue weighted by Crippen LogP contribution is -2.21. The minimum absolute atomic E-state index is 0.305. The molecule has 1 amide bonds. The number of hydrogen-bond acceptors (Lipinski definition) is 3. The van der Waals surface area contributed by atoms with Crippen molar-refractivity contribution in [2.24, 2.45) is 5.73 Å². The standard InChI is InChI=1S/C11H13F3N2O2/c1-16-5-7-2-3-9(18-6-10(15)17)8(4-7)11(12,13)14/h2-4,16H,5-6H2,1H3,(H2,15,17). The van der Waals surface area contributed by atoms with Gasteiger partial charge in [0.25, 0.3) is 5.91 Å². The maximum absolute atomic E-state index is 12.8. The fourth-order valence-corrected chi connectivity index (χ4v) is 1.39. The number of halogens is 3. The van der Waals surface area contributed by atoms with Gasteiger partial charge in [-0.15, -0.1) is 0 Å². The van der Waals surface area contributed by atoms with Crippen LogP contribution in [0.15, 0.2) is 18.2 Å². The quantitative estimate of drug-likeness (QED) is 0.840. The van der Waals surface area contributed by atoms with Crippen LogP contribution in [0, 0.1) is 0 Å². The van der Waals surface area contributed by atoms with Gasteiger partial charge in [0.15, 0.2) is 6.61 Å². The molecule has 0 bridgehead atoms. The van der Waals surface area contributed by atoms with E-state index in [4.69, 9.17) is 10.5 Å². The Morgan fingerprint density at radius 3 is 2.61 bits per heavy atom. The average molecular weight is 262 g/mol. The number of carbonyl (C=O) groups is 1. The minimum atomic E-state index is -4.54. The van der Waals surface area contributed by atoms with Gasteiger partial charge in [0.1, 0.15) is 5.75 Å². The Kier molecular flexibility index (Phi) is 4.55. The van der Waals surface area contributed by atoms with Gasteiger partial charge in [0, 0.05) is 6.54 Å². The summed E-state index contributed by atoms with van der Waals surface area (Å²) in [6, 6.07) is 3.65. The van der Waals surface area contributed by atoms with Crippen LogP contribution in [0.5, 0.6) is 5.75 Å². The molecule has 1 rings (SSSR count). The lowest BCUT2D eigenvalue weighted by Gasteiger charge is -2.14. The first kappa shape index (κ1) is 14.3. The van der Waals surface area contributed by atoms with Gasteiger partial charge in [-0.1, -0.05) is 6.07 Å². The van der Waals surface area contributed by atoms with E-state index in [0.29, 0.717) is 12.1 Å². The zero-order valence-corrected chi connectivity index (χ0v) is 9.67. The van der Waals surface area contributed by atoms with E-state index >= 15 is 0 Å². The van der Waals surface area contributed by atoms with Crippen LogP contribution in [0.2, 0.25) is 0 Å². The largest absolute Gasteiger partial charge is 0.483 e. The molecule has 18 heavy (non-hydrogen) atoms. The first-order chi connectivity index (χ1) is 8.34. The van der Waals surface area contributed by atoms with Gasteiger partial charge in [-0.2, -0.15) is 13.2 Å². The molecule has 0 spiro atoms. The molecule has 0 heterocycles. The van der Waals surface area contributed by atoms with Crippen molar-refractivity contribution in [3.05, 3.63) is 29.3 Å². The van der Waals surface area contributed by atoms with Crippen LogP contribution in [0.1, 0.15) is 11.1 Å². The van der Waals surface area contributed by atoms with Gasteiger partial charge in [-0.3, -0.25) is 4.79 Å². The Bertz CT molecular complexity index is 433. The number of benzene rings is 1. The third-order valence-corrected chi connectivity index (χ3v) is 2.10. The number of rotatable bonds is 5. The summed E-state index contributed by atoms with van der Waals surface area (Å²) < 4.78 is 43.1. The van der Waals surface area contributed by atoms with Gasteiger partial charge in [0.05, 0.1) is 5.56 Å². The van der Waals surface area contributed by atoms with Crippen molar-refractivity contribution in [2.45, 2.75) is 12.7 Å². The first-order valence-corrected chi connectivity index (χ1v) is 5.10. The SMILES string of the molecule is CNCc1ccc(OCC(N)=O)c(C(F)(F)F)c1. The van der Waals surface area contributed by atoms with Gasteiger partial charge >= 0.3 is 6.18 Å². The highest BCUT2D eigenvalue weighted by Crippen LogP contribution is 2.36. The minimum Gasteiger partial charge on any atom is -0.483 e. The number of nitrogens with two attached hydrogens (primary N) is 1. The van der Waals surface area contributed by atoms with E-state index in [9.17, 15) is 18.0 Å². The zero-order valence-electron chi connectivity index (χ0n) is 9.67. The summed E-state index contributed by atoms with van der Waals surface area (Å²) in [5, 5.41) is 2.75. The van der Waals surface area contributed by atoms with Crippen molar-refractivity contribution < 1.29 is 22.7 Å². The van der Waals surface area contributed by atoms with Crippen molar-refractivity contribution in [1.29, 1.82) is 0 Å². The maximum Gasteiger partial charge on any atom is 0.419 e. The fraction of sp³-hybridized carbons (Fsp3) is 0.364. The smallest absolute Gasteiger partial charge is 0.419 e. The highest BCUT2D eigenvalue weighted by Gasteiger charge is 2.34. The van der Waals surface area contributed by atoms with Crippen molar-refractivity contribution in [2.75, 3.05) is 13.7 Å². The molecular weight excluding hydrogens is 249 g/mol. The Hall–Kier alpha value is -1.76. The highest BCUT2D eigenvalue weighted by atomic mass is 19.4. The molecule has 1 aromatic rings. The van der Waals surface area contributed by atoms with E-state index in [0.717, 1.165) is 6.07 Å². The summed E-state index contributed by atoms with van der Waals surface area (Å²) in [7, 11) is 1.63. The fourth-order valence-electron chi connectivity index (χ4n) is 1.39. The van der Waals surface area contributed by atoms with Gasteiger partial charge < -0.3 is 15.8 Å². The van der Waals surface area contributed by atoms with E-state index in [-0.39, 0.29) is 0 Å². The summed E-state index contributed by atoms with van der Waals surface area (Å²) in [4.78, 5) is 10.5. The second-order valence-corrected chi connectivity index (χ2v) is 3.61. The molecule has 0 atom stereocenters. The third kappa shape index (κ3) is 3.92. The van der Waals surface area contributed by atoms with Crippen molar-refractivity contribution in [3.8, 4) is 5.75 Å². The summed E-state index contributed by atoms with van der Waals surface area (Å²) in [5.74, 6) is -1.23. The van der Waals surface area contributed by atoms with Crippen LogP contribution >= 0.6 is 0 Å². The van der Waals surface area contributed by atoms with E-state index in [1.54, 1.807) is 7.05 Å². The normalized spacial score (nSPS) is 11.3. The second kappa shape index (κ2) is 5.72. The van der Waals surface area contributed by atoms with Crippen LogP contribution < -0.4 is 15.8 Å². The molecule has 0 saturated heterocycles. The number of nitrogens with one attached hydrogen (secondary N) is 1. The molecule has 4 nitrogen and oxygen atoms in total. The molecule has 0 saturated carbocycles. The third-order valence-electron chi connectivity index (χ3n) is 2.10. The van der Waals surface area contributed by atoms with Gasteiger partial charge in [-0.25, -0.2) is 0 Å². The summed E-state index contributed by atoms with van der Waals surface area (Å²) >= 11 is 0. The highest BCUT2D eigenvalue weighted by molar-refractivity contribution is 5.75. The predicted octanol–water partition coefficient (Wildman–Crippen LogP) is 1.29.